The predicted octanol–water partition coefficient (Wildman–Crippen LogP) is 7.35. The van der Waals surface area contributed by atoms with Gasteiger partial charge in [-0.3, -0.25) is 0 Å². The molecule has 1 fully saturated rings. The minimum atomic E-state index is 1.04. The summed E-state index contributed by atoms with van der Waals surface area (Å²) >= 11 is 0. The second-order valence-corrected chi connectivity index (χ2v) is 3.90. The first-order chi connectivity index (χ1) is 9.39. The molecule has 1 saturated carbocycles. The molecule has 0 aromatic heterocycles. The molecule has 0 nitrogen and oxygen atoms in total. The van der Waals surface area contributed by atoms with Gasteiger partial charge in [-0.15, -0.1) is 0 Å². The number of rotatable bonds is 0. The van der Waals surface area contributed by atoms with Crippen molar-refractivity contribution in [3.05, 3.63) is 36.4 Å². The molecule has 0 saturated heterocycles. The van der Waals surface area contributed by atoms with Crippen LogP contribution in [0.2, 0.25) is 0 Å². The Morgan fingerprint density at radius 1 is 0.526 bits per heavy atom. The molecule has 0 N–H and O–H groups in total. The van der Waals surface area contributed by atoms with Gasteiger partial charge < -0.3 is 0 Å². The lowest BCUT2D eigenvalue weighted by atomic mass is 9.91. The maximum Gasteiger partial charge on any atom is -0.0443 e. The summed E-state index contributed by atoms with van der Waals surface area (Å²) < 4.78 is 0. The molecular formula is C19H38. The Hall–Kier alpha value is -0.780. The number of hydrogen-bond acceptors (Lipinski definition) is 0. The third-order valence-corrected chi connectivity index (χ3v) is 2.56. The lowest BCUT2D eigenvalue weighted by Gasteiger charge is -2.15. The smallest absolute Gasteiger partial charge is 0.0443 e. The monoisotopic (exact) mass is 266 g/mol. The van der Waals surface area contributed by atoms with Gasteiger partial charge in [-0.05, 0) is 5.92 Å². The van der Waals surface area contributed by atoms with Gasteiger partial charge in [-0.1, -0.05) is 117 Å². The van der Waals surface area contributed by atoms with Crippen molar-refractivity contribution >= 4 is 0 Å². The van der Waals surface area contributed by atoms with Gasteiger partial charge in [-0.25, -0.2) is 0 Å². The minimum absolute atomic E-state index is 1.04. The van der Waals surface area contributed by atoms with E-state index in [1.807, 2.05) is 77.9 Å². The molecule has 114 valence electrons. The van der Waals surface area contributed by atoms with Gasteiger partial charge in [0.1, 0.15) is 0 Å². The second-order valence-electron chi connectivity index (χ2n) is 3.90. The molecule has 0 amide bonds. The maximum atomic E-state index is 2.36. The van der Waals surface area contributed by atoms with Gasteiger partial charge in [-0.2, -0.15) is 0 Å². The Morgan fingerprint density at radius 2 is 0.789 bits per heavy atom. The first kappa shape index (κ1) is 23.3. The fourth-order valence-corrected chi connectivity index (χ4v) is 1.69. The van der Waals surface area contributed by atoms with E-state index >= 15 is 0 Å². The first-order valence-corrected chi connectivity index (χ1v) is 8.39. The fourth-order valence-electron chi connectivity index (χ4n) is 1.69. The van der Waals surface area contributed by atoms with Crippen molar-refractivity contribution in [2.24, 2.45) is 5.92 Å². The highest BCUT2D eigenvalue weighted by molar-refractivity contribution is 4.99. The summed E-state index contributed by atoms with van der Waals surface area (Å²) in [6.45, 7) is 14.4. The molecule has 0 heteroatoms. The van der Waals surface area contributed by atoms with Crippen LogP contribution in [0.25, 0.3) is 0 Å². The molecule has 0 atom stereocenters. The zero-order chi connectivity index (χ0) is 15.4. The van der Waals surface area contributed by atoms with E-state index in [1.165, 1.54) is 32.1 Å². The van der Waals surface area contributed by atoms with E-state index in [-0.39, 0.29) is 0 Å². The van der Waals surface area contributed by atoms with E-state index in [1.54, 1.807) is 0 Å². The SMILES string of the molecule is CC.CC.CC.CC1CCCCC1.c1ccccc1. The van der Waals surface area contributed by atoms with Crippen LogP contribution >= 0.6 is 0 Å². The molecule has 0 radical (unpaired) electrons. The molecule has 1 aliphatic rings. The maximum absolute atomic E-state index is 2.36. The Kier molecular flexibility index (Phi) is 31.8. The van der Waals surface area contributed by atoms with E-state index in [9.17, 15) is 0 Å². The molecule has 0 spiro atoms. The lowest BCUT2D eigenvalue weighted by Crippen LogP contribution is -1.99. The normalized spacial score (nSPS) is 12.8. The highest BCUT2D eigenvalue weighted by Crippen LogP contribution is 2.22. The summed E-state index contributed by atoms with van der Waals surface area (Å²) in [7, 11) is 0. The van der Waals surface area contributed by atoms with Gasteiger partial charge in [0.15, 0.2) is 0 Å². The van der Waals surface area contributed by atoms with Gasteiger partial charge in [0.25, 0.3) is 0 Å². The van der Waals surface area contributed by atoms with E-state index in [2.05, 4.69) is 6.92 Å². The molecule has 0 aliphatic heterocycles. The topological polar surface area (TPSA) is 0 Å². The molecular weight excluding hydrogens is 228 g/mol. The van der Waals surface area contributed by atoms with E-state index in [0.717, 1.165) is 5.92 Å². The second kappa shape index (κ2) is 25.9. The Labute approximate surface area is 123 Å². The molecule has 0 heterocycles. The van der Waals surface area contributed by atoms with Gasteiger partial charge in [0.05, 0.1) is 0 Å². The van der Waals surface area contributed by atoms with Crippen LogP contribution in [0.4, 0.5) is 0 Å². The van der Waals surface area contributed by atoms with Crippen molar-refractivity contribution < 1.29 is 0 Å². The van der Waals surface area contributed by atoms with E-state index in [4.69, 9.17) is 0 Å². The average Bonchev–Trinajstić information content (AvgIpc) is 2.56. The highest BCUT2D eigenvalue weighted by atomic mass is 14.1. The zero-order valence-electron chi connectivity index (χ0n) is 14.6. The van der Waals surface area contributed by atoms with Gasteiger partial charge >= 0.3 is 0 Å². The largest absolute Gasteiger partial charge is 0.0683 e. The van der Waals surface area contributed by atoms with Crippen molar-refractivity contribution in [2.45, 2.75) is 80.6 Å². The first-order valence-electron chi connectivity index (χ1n) is 8.39. The molecule has 1 aromatic carbocycles. The van der Waals surface area contributed by atoms with Crippen molar-refractivity contribution in [1.82, 2.24) is 0 Å². The summed E-state index contributed by atoms with van der Waals surface area (Å²) in [5, 5.41) is 0. The number of benzene rings is 1. The number of hydrogen-bond donors (Lipinski definition) is 0. The van der Waals surface area contributed by atoms with Crippen LogP contribution in [-0.2, 0) is 0 Å². The molecule has 0 bridgehead atoms. The molecule has 2 rings (SSSR count). The zero-order valence-corrected chi connectivity index (χ0v) is 14.6. The van der Waals surface area contributed by atoms with Crippen LogP contribution in [0.15, 0.2) is 36.4 Å². The minimum Gasteiger partial charge on any atom is -0.0683 e. The van der Waals surface area contributed by atoms with Gasteiger partial charge in [0.2, 0.25) is 0 Å². The standard InChI is InChI=1S/C7H14.C6H6.3C2H6/c1-7-5-3-2-4-6-7;1-2-4-6-5-3-1;3*1-2/h7H,2-6H2,1H3;1-6H;3*1-2H3. The van der Waals surface area contributed by atoms with Crippen LogP contribution in [0.1, 0.15) is 80.6 Å². The summed E-state index contributed by atoms with van der Waals surface area (Å²) in [6.07, 6.45) is 7.44. The third kappa shape index (κ3) is 22.8. The highest BCUT2D eigenvalue weighted by Gasteiger charge is 2.05. The van der Waals surface area contributed by atoms with E-state index < -0.39 is 0 Å². The van der Waals surface area contributed by atoms with Crippen molar-refractivity contribution in [3.8, 4) is 0 Å². The van der Waals surface area contributed by atoms with Crippen molar-refractivity contribution in [1.29, 1.82) is 0 Å². The Bertz CT molecular complexity index is 158. The quantitative estimate of drug-likeness (QED) is 0.460. The van der Waals surface area contributed by atoms with Crippen LogP contribution in [0.5, 0.6) is 0 Å². The lowest BCUT2D eigenvalue weighted by molar-refractivity contribution is 0.385. The van der Waals surface area contributed by atoms with Crippen LogP contribution < -0.4 is 0 Å². The average molecular weight is 267 g/mol. The molecule has 19 heavy (non-hydrogen) atoms. The summed E-state index contributed by atoms with van der Waals surface area (Å²) in [6, 6.07) is 12.0. The molecule has 1 aromatic rings. The van der Waals surface area contributed by atoms with Crippen molar-refractivity contribution in [3.63, 3.8) is 0 Å². The van der Waals surface area contributed by atoms with Gasteiger partial charge in [0, 0.05) is 0 Å². The van der Waals surface area contributed by atoms with Crippen LogP contribution in [0, 0.1) is 5.92 Å². The van der Waals surface area contributed by atoms with Crippen LogP contribution in [-0.4, -0.2) is 0 Å². The Morgan fingerprint density at radius 3 is 0.947 bits per heavy atom. The summed E-state index contributed by atoms with van der Waals surface area (Å²) in [5.74, 6) is 1.04. The fraction of sp³-hybridized carbons (Fsp3) is 0.684. The molecule has 1 aliphatic carbocycles. The third-order valence-electron chi connectivity index (χ3n) is 2.56. The molecule has 0 unspecified atom stereocenters. The summed E-state index contributed by atoms with van der Waals surface area (Å²) in [4.78, 5) is 0. The van der Waals surface area contributed by atoms with Crippen molar-refractivity contribution in [2.75, 3.05) is 0 Å². The van der Waals surface area contributed by atoms with Crippen LogP contribution in [0.3, 0.4) is 0 Å². The Balaban J connectivity index is -0.000000195. The summed E-state index contributed by atoms with van der Waals surface area (Å²) in [5.41, 5.74) is 0. The van der Waals surface area contributed by atoms with E-state index in [0.29, 0.717) is 0 Å². The predicted molar refractivity (Wildman–Crippen MR) is 92.7 cm³/mol.